The SMILES string of the molecule is CC(C)CN(CCC(N)=NO)Cc1ccc(Cl)cc1Cl. The van der Waals surface area contributed by atoms with Gasteiger partial charge in [-0.2, -0.15) is 0 Å². The Labute approximate surface area is 130 Å². The molecule has 0 amide bonds. The third-order valence-corrected chi connectivity index (χ3v) is 3.43. The molecule has 0 unspecified atom stereocenters. The highest BCUT2D eigenvalue weighted by Crippen LogP contribution is 2.22. The van der Waals surface area contributed by atoms with Crippen molar-refractivity contribution in [1.29, 1.82) is 0 Å². The molecule has 0 saturated heterocycles. The molecular formula is C14H21Cl2N3O. The van der Waals surface area contributed by atoms with Crippen LogP contribution in [0.1, 0.15) is 25.8 Å². The molecule has 0 heterocycles. The summed E-state index contributed by atoms with van der Waals surface area (Å²) in [6.07, 6.45) is 0.522. The van der Waals surface area contributed by atoms with Crippen LogP contribution in [0.4, 0.5) is 0 Å². The summed E-state index contributed by atoms with van der Waals surface area (Å²) < 4.78 is 0. The second-order valence-corrected chi connectivity index (χ2v) is 6.05. The molecule has 6 heteroatoms. The van der Waals surface area contributed by atoms with E-state index in [-0.39, 0.29) is 5.84 Å². The highest BCUT2D eigenvalue weighted by Gasteiger charge is 2.11. The molecule has 4 nitrogen and oxygen atoms in total. The fourth-order valence-corrected chi connectivity index (χ4v) is 2.43. The lowest BCUT2D eigenvalue weighted by Gasteiger charge is -2.24. The molecule has 1 rings (SSSR count). The molecule has 0 aliphatic carbocycles. The van der Waals surface area contributed by atoms with Gasteiger partial charge in [0, 0.05) is 36.1 Å². The summed E-state index contributed by atoms with van der Waals surface area (Å²) >= 11 is 12.1. The smallest absolute Gasteiger partial charge is 0.140 e. The van der Waals surface area contributed by atoms with Crippen molar-refractivity contribution in [3.8, 4) is 0 Å². The van der Waals surface area contributed by atoms with Gasteiger partial charge in [0.15, 0.2) is 0 Å². The summed E-state index contributed by atoms with van der Waals surface area (Å²) in [5, 5.41) is 12.9. The normalized spacial score (nSPS) is 12.4. The molecule has 0 spiro atoms. The van der Waals surface area contributed by atoms with E-state index in [1.807, 2.05) is 12.1 Å². The molecule has 0 saturated carbocycles. The van der Waals surface area contributed by atoms with E-state index < -0.39 is 0 Å². The van der Waals surface area contributed by atoms with Crippen LogP contribution in [0, 0.1) is 5.92 Å². The van der Waals surface area contributed by atoms with Crippen LogP contribution in [0.5, 0.6) is 0 Å². The van der Waals surface area contributed by atoms with Gasteiger partial charge in [0.1, 0.15) is 5.84 Å². The average molecular weight is 318 g/mol. The van der Waals surface area contributed by atoms with Gasteiger partial charge in [0.05, 0.1) is 0 Å². The molecule has 0 bridgehead atoms. The van der Waals surface area contributed by atoms with E-state index in [4.69, 9.17) is 34.1 Å². The van der Waals surface area contributed by atoms with E-state index in [1.54, 1.807) is 6.07 Å². The zero-order chi connectivity index (χ0) is 15.1. The number of oxime groups is 1. The van der Waals surface area contributed by atoms with Gasteiger partial charge in [-0.1, -0.05) is 48.3 Å². The number of halogens is 2. The number of benzene rings is 1. The topological polar surface area (TPSA) is 61.8 Å². The first-order valence-electron chi connectivity index (χ1n) is 6.55. The van der Waals surface area contributed by atoms with Crippen molar-refractivity contribution in [2.75, 3.05) is 13.1 Å². The number of hydrogen-bond donors (Lipinski definition) is 2. The van der Waals surface area contributed by atoms with Crippen molar-refractivity contribution in [3.63, 3.8) is 0 Å². The maximum absolute atomic E-state index is 8.60. The van der Waals surface area contributed by atoms with E-state index in [0.29, 0.717) is 35.5 Å². The summed E-state index contributed by atoms with van der Waals surface area (Å²) in [5.74, 6) is 0.759. The van der Waals surface area contributed by atoms with Crippen molar-refractivity contribution in [1.82, 2.24) is 4.90 Å². The first-order chi connectivity index (χ1) is 9.42. The molecule has 0 atom stereocenters. The monoisotopic (exact) mass is 317 g/mol. The lowest BCUT2D eigenvalue weighted by atomic mass is 10.1. The molecule has 1 aromatic carbocycles. The van der Waals surface area contributed by atoms with Crippen molar-refractivity contribution < 1.29 is 5.21 Å². The summed E-state index contributed by atoms with van der Waals surface area (Å²) in [7, 11) is 0. The molecule has 0 aromatic heterocycles. The highest BCUT2D eigenvalue weighted by molar-refractivity contribution is 6.35. The quantitative estimate of drug-likeness (QED) is 0.349. The number of nitrogens with zero attached hydrogens (tertiary/aromatic N) is 2. The Hall–Kier alpha value is -0.970. The van der Waals surface area contributed by atoms with E-state index >= 15 is 0 Å². The average Bonchev–Trinajstić information content (AvgIpc) is 2.38. The van der Waals surface area contributed by atoms with Crippen LogP contribution in [-0.4, -0.2) is 29.0 Å². The maximum Gasteiger partial charge on any atom is 0.140 e. The number of rotatable bonds is 7. The van der Waals surface area contributed by atoms with Crippen molar-refractivity contribution in [2.24, 2.45) is 16.8 Å². The maximum atomic E-state index is 8.60. The molecule has 3 N–H and O–H groups in total. The number of amidine groups is 1. The molecule has 20 heavy (non-hydrogen) atoms. The van der Waals surface area contributed by atoms with Gasteiger partial charge in [-0.3, -0.25) is 4.90 Å². The minimum Gasteiger partial charge on any atom is -0.409 e. The standard InChI is InChI=1S/C14H21Cl2N3O/c1-10(2)8-19(6-5-14(17)18-20)9-11-3-4-12(15)7-13(11)16/h3-4,7,10,20H,5-6,8-9H2,1-2H3,(H2,17,18). The fraction of sp³-hybridized carbons (Fsp3) is 0.500. The Kier molecular flexibility index (Phi) is 7.13. The van der Waals surface area contributed by atoms with Crippen molar-refractivity contribution in [2.45, 2.75) is 26.8 Å². The third kappa shape index (κ3) is 5.99. The van der Waals surface area contributed by atoms with Gasteiger partial charge in [-0.05, 0) is 23.6 Å². The van der Waals surface area contributed by atoms with Gasteiger partial charge < -0.3 is 10.9 Å². The predicted octanol–water partition coefficient (Wildman–Crippen LogP) is 3.59. The van der Waals surface area contributed by atoms with Crippen LogP contribution in [0.3, 0.4) is 0 Å². The van der Waals surface area contributed by atoms with Gasteiger partial charge in [0.25, 0.3) is 0 Å². The molecule has 0 fully saturated rings. The molecular weight excluding hydrogens is 297 g/mol. The second kappa shape index (κ2) is 8.35. The zero-order valence-corrected chi connectivity index (χ0v) is 13.3. The second-order valence-electron chi connectivity index (χ2n) is 5.21. The van der Waals surface area contributed by atoms with Gasteiger partial charge in [-0.15, -0.1) is 0 Å². The molecule has 0 radical (unpaired) electrons. The Morgan fingerprint density at radius 1 is 1.40 bits per heavy atom. The highest BCUT2D eigenvalue weighted by atomic mass is 35.5. The van der Waals surface area contributed by atoms with Gasteiger partial charge >= 0.3 is 0 Å². The predicted molar refractivity (Wildman–Crippen MR) is 84.6 cm³/mol. The van der Waals surface area contributed by atoms with Gasteiger partial charge in [-0.25, -0.2) is 0 Å². The van der Waals surface area contributed by atoms with E-state index in [1.165, 1.54) is 0 Å². The van der Waals surface area contributed by atoms with Crippen LogP contribution in [0.15, 0.2) is 23.4 Å². The van der Waals surface area contributed by atoms with Crippen LogP contribution in [0.25, 0.3) is 0 Å². The Morgan fingerprint density at radius 3 is 2.65 bits per heavy atom. The minimum atomic E-state index is 0.237. The Morgan fingerprint density at radius 2 is 2.10 bits per heavy atom. The lowest BCUT2D eigenvalue weighted by Crippen LogP contribution is -2.31. The largest absolute Gasteiger partial charge is 0.409 e. The minimum absolute atomic E-state index is 0.237. The summed E-state index contributed by atoms with van der Waals surface area (Å²) in [5.41, 5.74) is 6.55. The third-order valence-electron chi connectivity index (χ3n) is 2.85. The summed E-state index contributed by atoms with van der Waals surface area (Å²) in [6.45, 7) is 6.65. The van der Waals surface area contributed by atoms with Crippen LogP contribution in [-0.2, 0) is 6.54 Å². The first-order valence-corrected chi connectivity index (χ1v) is 7.30. The van der Waals surface area contributed by atoms with E-state index in [0.717, 1.165) is 12.1 Å². The van der Waals surface area contributed by atoms with Crippen LogP contribution >= 0.6 is 23.2 Å². The van der Waals surface area contributed by atoms with E-state index in [2.05, 4.69) is 23.9 Å². The summed E-state index contributed by atoms with van der Waals surface area (Å²) in [4.78, 5) is 2.23. The Bertz CT molecular complexity index is 464. The molecule has 0 aliphatic rings. The Balaban J connectivity index is 2.72. The van der Waals surface area contributed by atoms with E-state index in [9.17, 15) is 0 Å². The fourth-order valence-electron chi connectivity index (χ4n) is 1.96. The van der Waals surface area contributed by atoms with Crippen molar-refractivity contribution in [3.05, 3.63) is 33.8 Å². The number of nitrogens with two attached hydrogens (primary N) is 1. The molecule has 112 valence electrons. The number of hydrogen-bond acceptors (Lipinski definition) is 3. The van der Waals surface area contributed by atoms with Crippen LogP contribution in [0.2, 0.25) is 10.0 Å². The lowest BCUT2D eigenvalue weighted by molar-refractivity contribution is 0.241. The zero-order valence-electron chi connectivity index (χ0n) is 11.8. The first kappa shape index (κ1) is 17.1. The molecule has 0 aliphatic heterocycles. The van der Waals surface area contributed by atoms with Crippen molar-refractivity contribution >= 4 is 29.0 Å². The summed E-state index contributed by atoms with van der Waals surface area (Å²) in [6, 6.07) is 5.51. The van der Waals surface area contributed by atoms with Gasteiger partial charge in [0.2, 0.25) is 0 Å². The van der Waals surface area contributed by atoms with Crippen LogP contribution < -0.4 is 5.73 Å². The molecule has 1 aromatic rings.